The first-order valence-corrected chi connectivity index (χ1v) is 16.3. The van der Waals surface area contributed by atoms with Gasteiger partial charge in [0, 0.05) is 40.2 Å². The zero-order valence-electron chi connectivity index (χ0n) is 30.0. The number of ether oxygens (including phenoxy) is 10. The zero-order chi connectivity index (χ0) is 39.2. The minimum absolute atomic E-state index is 0.445. The Morgan fingerprint density at radius 1 is 0.830 bits per heavy atom. The third kappa shape index (κ3) is 9.31. The highest BCUT2D eigenvalue weighted by molar-refractivity contribution is 5.91. The van der Waals surface area contributed by atoms with E-state index in [0.29, 0.717) is 11.3 Å². The molecule has 1 saturated heterocycles. The summed E-state index contributed by atoms with van der Waals surface area (Å²) in [6, 6.07) is 6.73. The summed E-state index contributed by atoms with van der Waals surface area (Å²) in [4.78, 5) is 74.3. The van der Waals surface area contributed by atoms with Crippen molar-refractivity contribution in [1.29, 1.82) is 0 Å². The molecule has 0 bridgehead atoms. The lowest BCUT2D eigenvalue weighted by Crippen LogP contribution is -2.65. The average molecular weight is 751 g/mol. The fourth-order valence-electron chi connectivity index (χ4n) is 6.49. The number of hydrogen-bond donors (Lipinski definition) is 2. The van der Waals surface area contributed by atoms with E-state index >= 15 is 0 Å². The van der Waals surface area contributed by atoms with Crippen molar-refractivity contribution in [3.8, 4) is 5.75 Å². The maximum atomic E-state index is 13.0. The van der Waals surface area contributed by atoms with Gasteiger partial charge in [0.2, 0.25) is 12.6 Å². The van der Waals surface area contributed by atoms with Crippen molar-refractivity contribution < 1.29 is 86.3 Å². The molecule has 1 aromatic carbocycles. The molecule has 5 unspecified atom stereocenters. The maximum Gasteiger partial charge on any atom is 0.339 e. The number of carbonyl (C=O) groups excluding carboxylic acids is 6. The Labute approximate surface area is 303 Å². The van der Waals surface area contributed by atoms with Crippen LogP contribution < -0.4 is 4.74 Å². The number of fused-ring (bicyclic) bond motifs is 1. The van der Waals surface area contributed by atoms with Crippen LogP contribution in [0.4, 0.5) is 0 Å². The molecule has 53 heavy (non-hydrogen) atoms. The van der Waals surface area contributed by atoms with Crippen molar-refractivity contribution in [3.63, 3.8) is 0 Å². The van der Waals surface area contributed by atoms with Gasteiger partial charge in [-0.25, -0.2) is 9.59 Å². The SMILES string of the molecule is COC(=O)C1=COC(O[C@@H]2O[C@H](COC(C)=O)[C@@H](OC(C)=O)[C@H](OC(C)=O)[C@H]2OC(C)=O)C2C1(O)CC(OC(=O)/C=C/c1ccc(OC)cc1)C2(C)O. The van der Waals surface area contributed by atoms with Gasteiger partial charge >= 0.3 is 35.8 Å². The van der Waals surface area contributed by atoms with Crippen LogP contribution in [0.25, 0.3) is 6.08 Å². The summed E-state index contributed by atoms with van der Waals surface area (Å²) in [5.74, 6) is -6.41. The van der Waals surface area contributed by atoms with E-state index in [0.717, 1.165) is 47.1 Å². The summed E-state index contributed by atoms with van der Waals surface area (Å²) in [5.41, 5.74) is -4.37. The zero-order valence-corrected chi connectivity index (χ0v) is 30.0. The van der Waals surface area contributed by atoms with E-state index in [2.05, 4.69) is 0 Å². The van der Waals surface area contributed by atoms with Crippen molar-refractivity contribution in [2.75, 3.05) is 20.8 Å². The van der Waals surface area contributed by atoms with Gasteiger partial charge in [0.1, 0.15) is 41.3 Å². The minimum Gasteiger partial charge on any atom is -0.497 e. The van der Waals surface area contributed by atoms with Gasteiger partial charge in [0.05, 0.1) is 26.4 Å². The number of rotatable bonds is 12. The number of methoxy groups -OCH3 is 2. The van der Waals surface area contributed by atoms with Crippen LogP contribution in [0, 0.1) is 5.92 Å². The molecule has 0 amide bonds. The van der Waals surface area contributed by atoms with Crippen molar-refractivity contribution in [2.24, 2.45) is 5.92 Å². The van der Waals surface area contributed by atoms with Crippen LogP contribution in [-0.4, -0.2) is 121 Å². The summed E-state index contributed by atoms with van der Waals surface area (Å²) >= 11 is 0. The van der Waals surface area contributed by atoms with Crippen molar-refractivity contribution in [2.45, 2.75) is 95.3 Å². The predicted molar refractivity (Wildman–Crippen MR) is 174 cm³/mol. The Kier molecular flexibility index (Phi) is 12.9. The molecule has 18 heteroatoms. The molecule has 0 aromatic heterocycles. The summed E-state index contributed by atoms with van der Waals surface area (Å²) in [5, 5.41) is 24.1. The average Bonchev–Trinajstić information content (AvgIpc) is 3.29. The first-order valence-electron chi connectivity index (χ1n) is 16.3. The Hall–Kier alpha value is -5.04. The first-order chi connectivity index (χ1) is 24.9. The van der Waals surface area contributed by atoms with Gasteiger partial charge in [0.15, 0.2) is 18.3 Å². The van der Waals surface area contributed by atoms with Gasteiger partial charge in [-0.15, -0.1) is 0 Å². The molecular weight excluding hydrogens is 708 g/mol. The molecule has 2 fully saturated rings. The standard InChI is InChI=1S/C35H42O18/c1-17(36)46-16-24-27(48-18(2)37)28(49-19(3)38)29(50-20(4)39)32(51-24)53-33-30-34(5,42)25(14-35(30,43)23(15-47-33)31(41)45-7)52-26(40)13-10-21-8-11-22(44-6)12-9-21/h8-13,15,24-25,27-30,32-33,42-43H,14,16H2,1-7H3/b13-10+/t24-,25?,27-,28+,29-,30?,32+,33?,34?,35?/m1/s1. The van der Waals surface area contributed by atoms with E-state index in [1.54, 1.807) is 24.3 Å². The van der Waals surface area contributed by atoms with Crippen LogP contribution in [-0.2, 0) is 71.4 Å². The van der Waals surface area contributed by atoms with Gasteiger partial charge < -0.3 is 57.6 Å². The third-order valence-corrected chi connectivity index (χ3v) is 8.76. The topological polar surface area (TPSA) is 235 Å². The van der Waals surface area contributed by atoms with Crippen LogP contribution in [0.5, 0.6) is 5.75 Å². The Morgan fingerprint density at radius 2 is 1.43 bits per heavy atom. The molecule has 4 rings (SSSR count). The molecule has 1 saturated carbocycles. The van der Waals surface area contributed by atoms with Crippen LogP contribution in [0.2, 0.25) is 0 Å². The van der Waals surface area contributed by atoms with E-state index in [1.165, 1.54) is 20.1 Å². The van der Waals surface area contributed by atoms with Crippen LogP contribution in [0.3, 0.4) is 0 Å². The highest BCUT2D eigenvalue weighted by atomic mass is 16.8. The quantitative estimate of drug-likeness (QED) is 0.169. The molecule has 10 atom stereocenters. The monoisotopic (exact) mass is 750 g/mol. The fraction of sp³-hybridized carbons (Fsp3) is 0.543. The Balaban J connectivity index is 1.71. The van der Waals surface area contributed by atoms with Crippen LogP contribution in [0.1, 0.15) is 46.6 Å². The molecule has 0 radical (unpaired) electrons. The summed E-state index contributed by atoms with van der Waals surface area (Å²) in [7, 11) is 2.56. The predicted octanol–water partition coefficient (Wildman–Crippen LogP) is 0.635. The molecule has 3 aliphatic rings. The van der Waals surface area contributed by atoms with E-state index in [1.807, 2.05) is 0 Å². The van der Waals surface area contributed by atoms with Crippen molar-refractivity contribution in [3.05, 3.63) is 47.7 Å². The second-order valence-corrected chi connectivity index (χ2v) is 12.6. The second kappa shape index (κ2) is 16.7. The molecule has 1 aromatic rings. The van der Waals surface area contributed by atoms with Crippen molar-refractivity contribution in [1.82, 2.24) is 0 Å². The highest BCUT2D eigenvalue weighted by Crippen LogP contribution is 2.53. The Morgan fingerprint density at radius 3 is 2.00 bits per heavy atom. The second-order valence-electron chi connectivity index (χ2n) is 12.6. The van der Waals surface area contributed by atoms with E-state index < -0.39 is 115 Å². The molecular formula is C35H42O18. The van der Waals surface area contributed by atoms with Gasteiger partial charge in [-0.2, -0.15) is 0 Å². The summed E-state index contributed by atoms with van der Waals surface area (Å²) in [6.07, 6.45) is -8.43. The van der Waals surface area contributed by atoms with Gasteiger partial charge in [-0.3, -0.25) is 19.2 Å². The van der Waals surface area contributed by atoms with Gasteiger partial charge in [-0.05, 0) is 30.7 Å². The highest BCUT2D eigenvalue weighted by Gasteiger charge is 2.69. The normalized spacial score (nSPS) is 31.9. The third-order valence-electron chi connectivity index (χ3n) is 8.76. The molecule has 1 aliphatic carbocycles. The smallest absolute Gasteiger partial charge is 0.339 e. The molecule has 2 heterocycles. The van der Waals surface area contributed by atoms with Crippen LogP contribution in [0.15, 0.2) is 42.2 Å². The van der Waals surface area contributed by atoms with E-state index in [9.17, 15) is 39.0 Å². The molecule has 2 aliphatic heterocycles. The lowest BCUT2D eigenvalue weighted by Gasteiger charge is -2.47. The van der Waals surface area contributed by atoms with E-state index in [4.69, 9.17) is 47.4 Å². The first kappa shape index (κ1) is 40.7. The number of aliphatic hydroxyl groups is 2. The molecule has 290 valence electrons. The molecule has 0 spiro atoms. The minimum atomic E-state index is -2.33. The van der Waals surface area contributed by atoms with Crippen molar-refractivity contribution >= 4 is 41.9 Å². The van der Waals surface area contributed by atoms with Crippen LogP contribution >= 0.6 is 0 Å². The van der Waals surface area contributed by atoms with Gasteiger partial charge in [-0.1, -0.05) is 12.1 Å². The lowest BCUT2D eigenvalue weighted by atomic mass is 9.77. The molecule has 18 nitrogen and oxygen atoms in total. The fourth-order valence-corrected chi connectivity index (χ4v) is 6.49. The summed E-state index contributed by atoms with van der Waals surface area (Å²) in [6.45, 7) is 4.87. The number of hydrogen-bond acceptors (Lipinski definition) is 18. The van der Waals surface area contributed by atoms with Gasteiger partial charge in [0.25, 0.3) is 0 Å². The number of benzene rings is 1. The van der Waals surface area contributed by atoms with E-state index in [-0.39, 0.29) is 0 Å². The largest absolute Gasteiger partial charge is 0.497 e. The lowest BCUT2D eigenvalue weighted by molar-refractivity contribution is -0.353. The maximum absolute atomic E-state index is 13.0. The molecule has 2 N–H and O–H groups in total. The number of esters is 6. The Bertz CT molecular complexity index is 1610. The summed E-state index contributed by atoms with van der Waals surface area (Å²) < 4.78 is 54.8. The number of carbonyl (C=O) groups is 6.